The number of ether oxygens (including phenoxy) is 1. The lowest BCUT2D eigenvalue weighted by molar-refractivity contribution is -0.143. The predicted molar refractivity (Wildman–Crippen MR) is 114 cm³/mol. The summed E-state index contributed by atoms with van der Waals surface area (Å²) in [5, 5.41) is 1.91. The van der Waals surface area contributed by atoms with Crippen LogP contribution in [0.4, 0.5) is 42.1 Å². The SMILES string of the molecule is O=C(COc1ccc(S(=O)(=O)Nc2ccc(F)cc2)cc1)Nc1cc(C(F)(F)F)cc(C(F)(F)F)c1. The zero-order valence-electron chi connectivity index (χ0n) is 17.7. The van der Waals surface area contributed by atoms with Crippen LogP contribution in [0.1, 0.15) is 11.1 Å². The molecule has 0 radical (unpaired) electrons. The van der Waals surface area contributed by atoms with Crippen molar-refractivity contribution in [3.8, 4) is 5.75 Å². The lowest BCUT2D eigenvalue weighted by Crippen LogP contribution is -2.21. The number of rotatable bonds is 7. The molecular weight excluding hydrogens is 521 g/mol. The Labute approximate surface area is 199 Å². The Kier molecular flexibility index (Phi) is 7.48. The highest BCUT2D eigenvalue weighted by Gasteiger charge is 2.37. The number of benzene rings is 3. The van der Waals surface area contributed by atoms with Crippen molar-refractivity contribution < 1.29 is 48.7 Å². The molecule has 0 atom stereocenters. The van der Waals surface area contributed by atoms with Crippen LogP contribution in [0.3, 0.4) is 0 Å². The molecule has 3 aromatic carbocycles. The molecule has 0 fully saturated rings. The first-order valence-electron chi connectivity index (χ1n) is 9.74. The van der Waals surface area contributed by atoms with Gasteiger partial charge in [0.15, 0.2) is 6.61 Å². The number of carbonyl (C=O) groups is 1. The third-order valence-corrected chi connectivity index (χ3v) is 5.87. The molecular formula is C22H15F7N2O4S. The second-order valence-corrected chi connectivity index (χ2v) is 8.90. The fourth-order valence-corrected chi connectivity index (χ4v) is 3.88. The Balaban J connectivity index is 1.65. The summed E-state index contributed by atoms with van der Waals surface area (Å²) in [4.78, 5) is 11.8. The zero-order valence-corrected chi connectivity index (χ0v) is 18.6. The topological polar surface area (TPSA) is 84.5 Å². The third-order valence-electron chi connectivity index (χ3n) is 4.47. The van der Waals surface area contributed by atoms with Gasteiger partial charge in [-0.15, -0.1) is 0 Å². The Bertz CT molecular complexity index is 1310. The van der Waals surface area contributed by atoms with Gasteiger partial charge in [0.1, 0.15) is 11.6 Å². The average molecular weight is 536 g/mol. The molecule has 0 unspecified atom stereocenters. The van der Waals surface area contributed by atoms with E-state index in [2.05, 4.69) is 4.72 Å². The monoisotopic (exact) mass is 536 g/mol. The van der Waals surface area contributed by atoms with Crippen molar-refractivity contribution in [3.63, 3.8) is 0 Å². The zero-order chi connectivity index (χ0) is 26.7. The van der Waals surface area contributed by atoms with Crippen LogP contribution in [-0.2, 0) is 27.2 Å². The Hall–Kier alpha value is -3.81. The molecule has 0 aliphatic heterocycles. The molecule has 0 heterocycles. The summed E-state index contributed by atoms with van der Waals surface area (Å²) in [6.45, 7) is -0.794. The number of carbonyl (C=O) groups excluding carboxylic acids is 1. The van der Waals surface area contributed by atoms with E-state index in [0.717, 1.165) is 24.3 Å². The molecule has 1 amide bonds. The first-order chi connectivity index (χ1) is 16.6. The van der Waals surface area contributed by atoms with E-state index < -0.39 is 57.5 Å². The molecule has 14 heteroatoms. The van der Waals surface area contributed by atoms with Crippen molar-refractivity contribution in [2.75, 3.05) is 16.6 Å². The predicted octanol–water partition coefficient (Wildman–Crippen LogP) is 5.68. The second kappa shape index (κ2) is 10.0. The van der Waals surface area contributed by atoms with Gasteiger partial charge < -0.3 is 10.1 Å². The van der Waals surface area contributed by atoms with Crippen LogP contribution in [0.25, 0.3) is 0 Å². The Morgan fingerprint density at radius 3 is 1.81 bits per heavy atom. The van der Waals surface area contributed by atoms with E-state index in [1.807, 2.05) is 5.32 Å². The summed E-state index contributed by atoms with van der Waals surface area (Å²) >= 11 is 0. The largest absolute Gasteiger partial charge is 0.484 e. The average Bonchev–Trinajstić information content (AvgIpc) is 2.78. The van der Waals surface area contributed by atoms with Gasteiger partial charge in [-0.1, -0.05) is 0 Å². The van der Waals surface area contributed by atoms with Crippen molar-refractivity contribution in [2.45, 2.75) is 17.2 Å². The number of sulfonamides is 1. The molecule has 192 valence electrons. The number of anilines is 2. The van der Waals surface area contributed by atoms with Gasteiger partial charge in [0.2, 0.25) is 0 Å². The van der Waals surface area contributed by atoms with E-state index in [4.69, 9.17) is 4.74 Å². The summed E-state index contributed by atoms with van der Waals surface area (Å²) in [6, 6.07) is 9.77. The fourth-order valence-electron chi connectivity index (χ4n) is 2.82. The summed E-state index contributed by atoms with van der Waals surface area (Å²) in [5.74, 6) is -1.62. The highest BCUT2D eigenvalue weighted by molar-refractivity contribution is 7.92. The minimum absolute atomic E-state index is 0.00842. The third kappa shape index (κ3) is 7.10. The number of nitrogens with one attached hydrogen (secondary N) is 2. The molecule has 3 rings (SSSR count). The molecule has 6 nitrogen and oxygen atoms in total. The standard InChI is InChI=1S/C22H15F7N2O4S/c23-15-1-3-16(4-2-15)31-36(33,34)19-7-5-18(6-8-19)35-12-20(32)30-17-10-13(21(24,25)26)9-14(11-17)22(27,28)29/h1-11,31H,12H2,(H,30,32). The first-order valence-corrected chi connectivity index (χ1v) is 11.2. The second-order valence-electron chi connectivity index (χ2n) is 7.22. The van der Waals surface area contributed by atoms with E-state index in [9.17, 15) is 43.9 Å². The molecule has 3 aromatic rings. The number of amides is 1. The molecule has 0 aromatic heterocycles. The number of halogens is 7. The van der Waals surface area contributed by atoms with E-state index in [-0.39, 0.29) is 22.4 Å². The molecule has 2 N–H and O–H groups in total. The number of hydrogen-bond acceptors (Lipinski definition) is 4. The van der Waals surface area contributed by atoms with E-state index in [1.54, 1.807) is 0 Å². The molecule has 0 aliphatic rings. The maximum Gasteiger partial charge on any atom is 0.416 e. The molecule has 0 saturated heterocycles. The quantitative estimate of drug-likeness (QED) is 0.381. The first kappa shape index (κ1) is 26.8. The molecule has 0 aliphatic carbocycles. The maximum absolute atomic E-state index is 13.0. The lowest BCUT2D eigenvalue weighted by Gasteiger charge is -2.15. The lowest BCUT2D eigenvalue weighted by atomic mass is 10.1. The fraction of sp³-hybridized carbons (Fsp3) is 0.136. The van der Waals surface area contributed by atoms with Gasteiger partial charge in [-0.05, 0) is 66.7 Å². The summed E-state index contributed by atoms with van der Waals surface area (Å²) < 4.78 is 123. The van der Waals surface area contributed by atoms with Crippen LogP contribution >= 0.6 is 0 Å². The van der Waals surface area contributed by atoms with Gasteiger partial charge in [-0.2, -0.15) is 26.3 Å². The Morgan fingerprint density at radius 1 is 0.778 bits per heavy atom. The van der Waals surface area contributed by atoms with Crippen LogP contribution in [-0.4, -0.2) is 20.9 Å². The van der Waals surface area contributed by atoms with Crippen LogP contribution in [0.5, 0.6) is 5.75 Å². The van der Waals surface area contributed by atoms with Crippen molar-refractivity contribution in [3.05, 3.63) is 83.7 Å². The number of alkyl halides is 6. The molecule has 0 saturated carbocycles. The summed E-state index contributed by atoms with van der Waals surface area (Å²) in [5.41, 5.74) is -3.82. The summed E-state index contributed by atoms with van der Waals surface area (Å²) in [7, 11) is -4.04. The summed E-state index contributed by atoms with van der Waals surface area (Å²) in [6.07, 6.45) is -10.2. The molecule has 0 spiro atoms. The van der Waals surface area contributed by atoms with Gasteiger partial charge in [-0.3, -0.25) is 9.52 Å². The van der Waals surface area contributed by atoms with E-state index >= 15 is 0 Å². The van der Waals surface area contributed by atoms with Crippen molar-refractivity contribution >= 4 is 27.3 Å². The van der Waals surface area contributed by atoms with Gasteiger partial charge in [0, 0.05) is 11.4 Å². The smallest absolute Gasteiger partial charge is 0.416 e. The highest BCUT2D eigenvalue weighted by atomic mass is 32.2. The van der Waals surface area contributed by atoms with Crippen LogP contribution < -0.4 is 14.8 Å². The van der Waals surface area contributed by atoms with Gasteiger partial charge >= 0.3 is 12.4 Å². The van der Waals surface area contributed by atoms with Gasteiger partial charge in [0.05, 0.1) is 16.0 Å². The van der Waals surface area contributed by atoms with Crippen molar-refractivity contribution in [1.29, 1.82) is 0 Å². The van der Waals surface area contributed by atoms with E-state index in [1.165, 1.54) is 24.3 Å². The van der Waals surface area contributed by atoms with Crippen LogP contribution in [0.15, 0.2) is 71.6 Å². The minimum Gasteiger partial charge on any atom is -0.484 e. The van der Waals surface area contributed by atoms with E-state index in [0.29, 0.717) is 12.1 Å². The molecule has 0 bridgehead atoms. The van der Waals surface area contributed by atoms with Crippen molar-refractivity contribution in [1.82, 2.24) is 0 Å². The number of hydrogen-bond donors (Lipinski definition) is 2. The van der Waals surface area contributed by atoms with Crippen molar-refractivity contribution in [2.24, 2.45) is 0 Å². The minimum atomic E-state index is -5.08. The highest BCUT2D eigenvalue weighted by Crippen LogP contribution is 2.37. The Morgan fingerprint density at radius 2 is 1.31 bits per heavy atom. The van der Waals surface area contributed by atoms with Crippen LogP contribution in [0, 0.1) is 5.82 Å². The normalized spacial score (nSPS) is 12.2. The van der Waals surface area contributed by atoms with Gasteiger partial charge in [-0.25, -0.2) is 12.8 Å². The van der Waals surface area contributed by atoms with Gasteiger partial charge in [0.25, 0.3) is 15.9 Å². The van der Waals surface area contributed by atoms with Crippen LogP contribution in [0.2, 0.25) is 0 Å². The maximum atomic E-state index is 13.0. The molecule has 36 heavy (non-hydrogen) atoms.